The molecule has 4 rings (SSSR count). The lowest BCUT2D eigenvalue weighted by atomic mass is 9.73. The predicted molar refractivity (Wildman–Crippen MR) is 87.0 cm³/mol. The summed E-state index contributed by atoms with van der Waals surface area (Å²) in [7, 11) is 0. The Kier molecular flexibility index (Phi) is 3.07. The van der Waals surface area contributed by atoms with E-state index in [4.69, 9.17) is 4.74 Å². The number of benzene rings is 1. The summed E-state index contributed by atoms with van der Waals surface area (Å²) in [4.78, 5) is 2.37. The highest BCUT2D eigenvalue weighted by Gasteiger charge is 2.40. The van der Waals surface area contributed by atoms with Crippen LogP contribution in [-0.2, 0) is 6.42 Å². The Morgan fingerprint density at radius 3 is 2.55 bits per heavy atom. The van der Waals surface area contributed by atoms with Crippen molar-refractivity contribution in [1.29, 1.82) is 0 Å². The number of nitrogens with zero attached hydrogens (tertiary/aromatic N) is 1. The summed E-state index contributed by atoms with van der Waals surface area (Å²) in [6, 6.07) is 4.13. The first kappa shape index (κ1) is 14.2. The van der Waals surface area contributed by atoms with Crippen molar-refractivity contribution in [3.05, 3.63) is 17.7 Å². The molecule has 1 aromatic carbocycles. The number of nitrogens with one attached hydrogen (secondary N) is 2. The number of anilines is 2. The highest BCUT2D eigenvalue weighted by atomic mass is 16.5. The Morgan fingerprint density at radius 2 is 1.95 bits per heavy atom. The molecule has 3 aliphatic rings. The standard InChI is InChI=1S/C17H25N3O2/c1-16(2)9-12-7-13(19-21)14(8-15(12)22-16)20-5-3-17(4-6-20)10-18-11-17/h7-8,18-19,21H,3-6,9-11H2,1-2H3. The van der Waals surface area contributed by atoms with Crippen LogP contribution in [0.4, 0.5) is 11.4 Å². The molecule has 0 unspecified atom stereocenters. The van der Waals surface area contributed by atoms with Crippen LogP contribution < -0.4 is 20.4 Å². The molecule has 3 N–H and O–H groups in total. The molecule has 0 aliphatic carbocycles. The molecule has 0 radical (unpaired) electrons. The van der Waals surface area contributed by atoms with E-state index in [-0.39, 0.29) is 5.60 Å². The molecule has 22 heavy (non-hydrogen) atoms. The average molecular weight is 303 g/mol. The van der Waals surface area contributed by atoms with Crippen LogP contribution in [0.2, 0.25) is 0 Å². The quantitative estimate of drug-likeness (QED) is 0.733. The SMILES string of the molecule is CC1(C)Cc2cc(NO)c(N3CCC4(CC3)CNC4)cc2O1. The summed E-state index contributed by atoms with van der Waals surface area (Å²) in [6.07, 6.45) is 3.31. The maximum atomic E-state index is 9.54. The monoisotopic (exact) mass is 303 g/mol. The van der Waals surface area contributed by atoms with Crippen LogP contribution >= 0.6 is 0 Å². The lowest BCUT2D eigenvalue weighted by Gasteiger charge is -2.49. The van der Waals surface area contributed by atoms with E-state index in [1.807, 2.05) is 6.07 Å². The topological polar surface area (TPSA) is 56.8 Å². The van der Waals surface area contributed by atoms with Gasteiger partial charge in [-0.05, 0) is 38.2 Å². The van der Waals surface area contributed by atoms with E-state index in [2.05, 4.69) is 35.6 Å². The molecule has 3 heterocycles. The van der Waals surface area contributed by atoms with Gasteiger partial charge in [-0.25, -0.2) is 0 Å². The summed E-state index contributed by atoms with van der Waals surface area (Å²) in [5.74, 6) is 0.963. The van der Waals surface area contributed by atoms with E-state index in [1.54, 1.807) is 0 Å². The molecule has 1 aromatic rings. The van der Waals surface area contributed by atoms with Crippen LogP contribution in [0.5, 0.6) is 5.75 Å². The molecule has 0 bridgehead atoms. The Bertz CT molecular complexity index is 586. The van der Waals surface area contributed by atoms with Gasteiger partial charge in [0.2, 0.25) is 0 Å². The summed E-state index contributed by atoms with van der Waals surface area (Å²) in [5.41, 5.74) is 5.78. The number of hydrogen-bond acceptors (Lipinski definition) is 5. The van der Waals surface area contributed by atoms with Gasteiger partial charge in [-0.15, -0.1) is 0 Å². The van der Waals surface area contributed by atoms with Gasteiger partial charge in [-0.1, -0.05) is 0 Å². The highest BCUT2D eigenvalue weighted by Crippen LogP contribution is 2.43. The van der Waals surface area contributed by atoms with E-state index in [1.165, 1.54) is 18.4 Å². The third-order valence-corrected chi connectivity index (χ3v) is 5.47. The first-order valence-electron chi connectivity index (χ1n) is 8.22. The van der Waals surface area contributed by atoms with Gasteiger partial charge < -0.3 is 15.0 Å². The lowest BCUT2D eigenvalue weighted by Crippen LogP contribution is -2.58. The number of ether oxygens (including phenoxy) is 1. The maximum Gasteiger partial charge on any atom is 0.125 e. The van der Waals surface area contributed by atoms with E-state index >= 15 is 0 Å². The van der Waals surface area contributed by atoms with Crippen LogP contribution in [0.15, 0.2) is 12.1 Å². The van der Waals surface area contributed by atoms with Crippen LogP contribution in [0, 0.1) is 5.41 Å². The van der Waals surface area contributed by atoms with Crippen molar-refractivity contribution in [2.24, 2.45) is 5.41 Å². The van der Waals surface area contributed by atoms with Crippen LogP contribution in [-0.4, -0.2) is 37.0 Å². The van der Waals surface area contributed by atoms with Crippen LogP contribution in [0.1, 0.15) is 32.3 Å². The molecule has 1 spiro atoms. The number of rotatable bonds is 2. The summed E-state index contributed by atoms with van der Waals surface area (Å²) >= 11 is 0. The summed E-state index contributed by atoms with van der Waals surface area (Å²) in [6.45, 7) is 8.61. The van der Waals surface area contributed by atoms with Crippen molar-refractivity contribution in [3.63, 3.8) is 0 Å². The van der Waals surface area contributed by atoms with E-state index in [9.17, 15) is 5.21 Å². The fourth-order valence-corrected chi connectivity index (χ4v) is 4.04. The van der Waals surface area contributed by atoms with E-state index < -0.39 is 0 Å². The summed E-state index contributed by atoms with van der Waals surface area (Å²) < 4.78 is 6.05. The smallest absolute Gasteiger partial charge is 0.125 e. The Morgan fingerprint density at radius 1 is 1.23 bits per heavy atom. The first-order chi connectivity index (χ1) is 10.5. The van der Waals surface area contributed by atoms with Gasteiger partial charge in [0.15, 0.2) is 0 Å². The van der Waals surface area contributed by atoms with Gasteiger partial charge in [-0.2, -0.15) is 0 Å². The summed E-state index contributed by atoms with van der Waals surface area (Å²) in [5, 5.41) is 12.9. The minimum atomic E-state index is -0.156. The van der Waals surface area contributed by atoms with Gasteiger partial charge in [0.05, 0.1) is 11.4 Å². The van der Waals surface area contributed by atoms with E-state index in [0.29, 0.717) is 5.41 Å². The molecular weight excluding hydrogens is 278 g/mol. The van der Waals surface area contributed by atoms with Crippen molar-refractivity contribution in [2.75, 3.05) is 36.6 Å². The van der Waals surface area contributed by atoms with Crippen LogP contribution in [0.25, 0.3) is 0 Å². The largest absolute Gasteiger partial charge is 0.487 e. The van der Waals surface area contributed by atoms with Gasteiger partial charge in [0.1, 0.15) is 11.4 Å². The second-order valence-electron chi connectivity index (χ2n) is 7.72. The van der Waals surface area contributed by atoms with Gasteiger partial charge in [-0.3, -0.25) is 10.7 Å². The fraction of sp³-hybridized carbons (Fsp3) is 0.647. The fourth-order valence-electron chi connectivity index (χ4n) is 4.04. The highest BCUT2D eigenvalue weighted by molar-refractivity contribution is 5.74. The first-order valence-corrected chi connectivity index (χ1v) is 8.22. The molecule has 0 atom stereocenters. The minimum Gasteiger partial charge on any atom is -0.487 e. The predicted octanol–water partition coefficient (Wildman–Crippen LogP) is 2.39. The molecule has 120 valence electrons. The second-order valence-corrected chi connectivity index (χ2v) is 7.72. The average Bonchev–Trinajstić information content (AvgIpc) is 2.77. The normalized spacial score (nSPS) is 24.6. The molecule has 2 fully saturated rings. The number of fused-ring (bicyclic) bond motifs is 1. The molecule has 0 saturated carbocycles. The van der Waals surface area contributed by atoms with Gasteiger partial charge in [0.25, 0.3) is 0 Å². The lowest BCUT2D eigenvalue weighted by molar-refractivity contribution is 0.126. The third kappa shape index (κ3) is 2.23. The van der Waals surface area contributed by atoms with Crippen LogP contribution in [0.3, 0.4) is 0 Å². The zero-order valence-electron chi connectivity index (χ0n) is 13.4. The van der Waals surface area contributed by atoms with Gasteiger partial charge >= 0.3 is 0 Å². The van der Waals surface area contributed by atoms with Crippen molar-refractivity contribution in [1.82, 2.24) is 5.32 Å². The molecule has 0 aromatic heterocycles. The molecule has 5 heteroatoms. The minimum absolute atomic E-state index is 0.156. The maximum absolute atomic E-state index is 9.54. The van der Waals surface area contributed by atoms with Gasteiger partial charge in [0, 0.05) is 44.2 Å². The van der Waals surface area contributed by atoms with Crippen molar-refractivity contribution in [2.45, 2.75) is 38.7 Å². The Balaban J connectivity index is 1.59. The van der Waals surface area contributed by atoms with E-state index in [0.717, 1.165) is 49.7 Å². The molecule has 5 nitrogen and oxygen atoms in total. The molecule has 0 amide bonds. The number of hydrogen-bond donors (Lipinski definition) is 3. The molecule has 2 saturated heterocycles. The van der Waals surface area contributed by atoms with Crippen molar-refractivity contribution < 1.29 is 9.94 Å². The van der Waals surface area contributed by atoms with Crippen molar-refractivity contribution >= 4 is 11.4 Å². The Hall–Kier alpha value is -1.46. The third-order valence-electron chi connectivity index (χ3n) is 5.47. The molecular formula is C17H25N3O2. The zero-order chi connectivity index (χ0) is 15.4. The molecule has 3 aliphatic heterocycles. The zero-order valence-corrected chi connectivity index (χ0v) is 13.4. The number of piperidine rings is 1. The Labute approximate surface area is 131 Å². The second kappa shape index (κ2) is 4.77. The van der Waals surface area contributed by atoms with Crippen molar-refractivity contribution in [3.8, 4) is 5.75 Å².